The molecule has 5 nitrogen and oxygen atoms in total. The van der Waals surface area contributed by atoms with Gasteiger partial charge in [-0.15, -0.1) is 0 Å². The largest absolute Gasteiger partial charge is 0.465 e. The Kier molecular flexibility index (Phi) is 4.89. The van der Waals surface area contributed by atoms with Gasteiger partial charge in [-0.05, 0) is 61.3 Å². The first-order chi connectivity index (χ1) is 10.4. The highest BCUT2D eigenvalue weighted by molar-refractivity contribution is 6.48. The molecule has 2 aliphatic rings. The molecule has 1 N–H and O–H groups in total. The Morgan fingerprint density at radius 1 is 1.13 bits per heavy atom. The molecule has 1 saturated heterocycles. The van der Waals surface area contributed by atoms with Crippen molar-refractivity contribution in [3.63, 3.8) is 0 Å². The van der Waals surface area contributed by atoms with E-state index in [9.17, 15) is 4.79 Å². The summed E-state index contributed by atoms with van der Waals surface area (Å²) in [4.78, 5) is 11.8. The Hall–Kier alpha value is -1.01. The molecule has 1 fully saturated rings. The van der Waals surface area contributed by atoms with Crippen LogP contribution < -0.4 is 5.32 Å². The Morgan fingerprint density at radius 2 is 1.70 bits per heavy atom. The summed E-state index contributed by atoms with van der Waals surface area (Å²) in [5.74, 6) is 0.215. The molecule has 0 radical (unpaired) electrons. The van der Waals surface area contributed by atoms with Crippen molar-refractivity contribution in [2.45, 2.75) is 90.0 Å². The summed E-state index contributed by atoms with van der Waals surface area (Å²) < 4.78 is 17.5. The molecule has 130 valence electrons. The van der Waals surface area contributed by atoms with Crippen molar-refractivity contribution in [1.82, 2.24) is 5.32 Å². The second-order valence-electron chi connectivity index (χ2n) is 8.50. The predicted octanol–water partition coefficient (Wildman–Crippen LogP) is 3.69. The van der Waals surface area contributed by atoms with Gasteiger partial charge in [0, 0.05) is 5.82 Å². The molecule has 0 saturated carbocycles. The second kappa shape index (κ2) is 6.13. The number of amides is 1. The number of allylic oxidation sites excluding steroid dienone is 1. The van der Waals surface area contributed by atoms with Gasteiger partial charge in [-0.1, -0.05) is 12.2 Å². The van der Waals surface area contributed by atoms with Gasteiger partial charge in [-0.2, -0.15) is 0 Å². The first kappa shape index (κ1) is 18.3. The van der Waals surface area contributed by atoms with Gasteiger partial charge in [-0.25, -0.2) is 4.79 Å². The molecule has 23 heavy (non-hydrogen) atoms. The van der Waals surface area contributed by atoms with Crippen LogP contribution in [0, 0.1) is 0 Å². The Labute approximate surface area is 140 Å². The van der Waals surface area contributed by atoms with Crippen LogP contribution in [0.1, 0.15) is 61.3 Å². The maximum Gasteiger partial charge on any atom is 0.465 e. The molecular formula is C17H30BNO4. The van der Waals surface area contributed by atoms with Gasteiger partial charge in [0.2, 0.25) is 0 Å². The number of carbonyl (C=O) groups excluding carboxylic acids is 1. The summed E-state index contributed by atoms with van der Waals surface area (Å²) in [6.07, 6.45) is 5.50. The van der Waals surface area contributed by atoms with Crippen LogP contribution in [0.4, 0.5) is 4.79 Å². The quantitative estimate of drug-likeness (QED) is 0.622. The van der Waals surface area contributed by atoms with Crippen LogP contribution >= 0.6 is 0 Å². The number of hydrogen-bond acceptors (Lipinski definition) is 4. The molecule has 1 amide bonds. The fourth-order valence-corrected chi connectivity index (χ4v) is 2.71. The molecule has 0 aromatic carbocycles. The molecule has 2 atom stereocenters. The molecule has 0 spiro atoms. The zero-order valence-corrected chi connectivity index (χ0v) is 15.4. The number of carbonyl (C=O) groups is 1. The molecule has 0 unspecified atom stereocenters. The monoisotopic (exact) mass is 323 g/mol. The van der Waals surface area contributed by atoms with Crippen LogP contribution in [-0.4, -0.2) is 36.1 Å². The highest BCUT2D eigenvalue weighted by Crippen LogP contribution is 2.42. The molecule has 1 heterocycles. The zero-order chi connectivity index (χ0) is 17.5. The second-order valence-corrected chi connectivity index (χ2v) is 8.50. The summed E-state index contributed by atoms with van der Waals surface area (Å²) in [6.45, 7) is 13.8. The Morgan fingerprint density at radius 3 is 2.13 bits per heavy atom. The van der Waals surface area contributed by atoms with Gasteiger partial charge in [-0.3, -0.25) is 0 Å². The van der Waals surface area contributed by atoms with E-state index in [1.165, 1.54) is 0 Å². The van der Waals surface area contributed by atoms with E-state index in [2.05, 4.69) is 39.1 Å². The van der Waals surface area contributed by atoms with Crippen LogP contribution in [0.2, 0.25) is 5.82 Å². The average Bonchev–Trinajstić information content (AvgIpc) is 2.56. The van der Waals surface area contributed by atoms with Crippen LogP contribution in [0.15, 0.2) is 12.2 Å². The summed E-state index contributed by atoms with van der Waals surface area (Å²) in [5, 5.41) is 2.89. The smallest absolute Gasteiger partial charge is 0.444 e. The van der Waals surface area contributed by atoms with Crippen molar-refractivity contribution < 1.29 is 18.8 Å². The van der Waals surface area contributed by atoms with Crippen molar-refractivity contribution in [3.8, 4) is 0 Å². The lowest BCUT2D eigenvalue weighted by atomic mass is 9.67. The standard InChI is InChI=1S/C17H30BNO4/c1-15(2,3)21-14(20)19-13-10-8-12(9-11-13)18-22-16(4,5)17(6,7)23-18/h8,10,12-13H,9,11H2,1-7H3,(H,19,20)/t12-,13+/m0/s1. The van der Waals surface area contributed by atoms with Gasteiger partial charge in [0.05, 0.1) is 17.2 Å². The van der Waals surface area contributed by atoms with Crippen LogP contribution in [0.5, 0.6) is 0 Å². The van der Waals surface area contributed by atoms with E-state index in [0.717, 1.165) is 12.8 Å². The van der Waals surface area contributed by atoms with E-state index in [4.69, 9.17) is 14.0 Å². The molecule has 1 aliphatic carbocycles. The van der Waals surface area contributed by atoms with Crippen molar-refractivity contribution in [2.24, 2.45) is 0 Å². The normalized spacial score (nSPS) is 29.4. The van der Waals surface area contributed by atoms with Gasteiger partial charge in [0.1, 0.15) is 5.60 Å². The summed E-state index contributed by atoms with van der Waals surface area (Å²) in [5.41, 5.74) is -1.10. The van der Waals surface area contributed by atoms with E-state index >= 15 is 0 Å². The van der Waals surface area contributed by atoms with Crippen LogP contribution in [-0.2, 0) is 14.0 Å². The molecule has 6 heteroatoms. The van der Waals surface area contributed by atoms with Gasteiger partial charge in [0.15, 0.2) is 0 Å². The van der Waals surface area contributed by atoms with E-state index < -0.39 is 5.60 Å². The Bertz CT molecular complexity index is 465. The van der Waals surface area contributed by atoms with Crippen molar-refractivity contribution >= 4 is 13.2 Å². The fourth-order valence-electron chi connectivity index (χ4n) is 2.71. The lowest BCUT2D eigenvalue weighted by Gasteiger charge is -2.32. The maximum atomic E-state index is 11.8. The minimum Gasteiger partial charge on any atom is -0.444 e. The maximum absolute atomic E-state index is 11.8. The minimum atomic E-state index is -0.478. The third-order valence-corrected chi connectivity index (χ3v) is 4.72. The van der Waals surface area contributed by atoms with Crippen LogP contribution in [0.3, 0.4) is 0 Å². The zero-order valence-electron chi connectivity index (χ0n) is 15.4. The number of nitrogens with one attached hydrogen (secondary N) is 1. The topological polar surface area (TPSA) is 56.8 Å². The van der Waals surface area contributed by atoms with Crippen molar-refractivity contribution in [1.29, 1.82) is 0 Å². The highest BCUT2D eigenvalue weighted by atomic mass is 16.7. The van der Waals surface area contributed by atoms with E-state index in [1.54, 1.807) is 0 Å². The van der Waals surface area contributed by atoms with Crippen molar-refractivity contribution in [2.75, 3.05) is 0 Å². The number of hydrogen-bond donors (Lipinski definition) is 1. The summed E-state index contributed by atoms with van der Waals surface area (Å²) in [7, 11) is -0.223. The molecule has 0 aromatic rings. The van der Waals surface area contributed by atoms with Crippen molar-refractivity contribution in [3.05, 3.63) is 12.2 Å². The lowest BCUT2D eigenvalue weighted by Crippen LogP contribution is -2.41. The number of rotatable bonds is 2. The predicted molar refractivity (Wildman–Crippen MR) is 91.4 cm³/mol. The summed E-state index contributed by atoms with van der Waals surface area (Å²) in [6, 6.07) is 0.00326. The summed E-state index contributed by atoms with van der Waals surface area (Å²) >= 11 is 0. The average molecular weight is 323 g/mol. The fraction of sp³-hybridized carbons (Fsp3) is 0.824. The number of ether oxygens (including phenoxy) is 1. The first-order valence-corrected chi connectivity index (χ1v) is 8.43. The molecular weight excluding hydrogens is 293 g/mol. The highest BCUT2D eigenvalue weighted by Gasteiger charge is 2.53. The minimum absolute atomic E-state index is 0.00326. The first-order valence-electron chi connectivity index (χ1n) is 8.43. The molecule has 0 bridgehead atoms. The van der Waals surface area contributed by atoms with Gasteiger partial charge < -0.3 is 19.4 Å². The van der Waals surface area contributed by atoms with Gasteiger partial charge in [0.25, 0.3) is 0 Å². The van der Waals surface area contributed by atoms with E-state index in [1.807, 2.05) is 26.8 Å². The molecule has 0 aromatic heterocycles. The Balaban J connectivity index is 1.89. The molecule has 2 rings (SSSR count). The van der Waals surface area contributed by atoms with E-state index in [-0.39, 0.29) is 36.3 Å². The SMILES string of the molecule is CC(C)(C)OC(=O)N[C@@H]1C=C[C@H](B2OC(C)(C)C(C)(C)O2)CC1. The third kappa shape index (κ3) is 4.51. The number of alkyl carbamates (subject to hydrolysis) is 1. The molecule has 1 aliphatic heterocycles. The van der Waals surface area contributed by atoms with E-state index in [0.29, 0.717) is 0 Å². The lowest BCUT2D eigenvalue weighted by molar-refractivity contribution is 0.00578. The van der Waals surface area contributed by atoms with Crippen LogP contribution in [0.25, 0.3) is 0 Å². The third-order valence-electron chi connectivity index (χ3n) is 4.72. The van der Waals surface area contributed by atoms with Gasteiger partial charge >= 0.3 is 13.2 Å².